The van der Waals surface area contributed by atoms with E-state index in [0.29, 0.717) is 16.2 Å². The Morgan fingerprint density at radius 3 is 2.56 bits per heavy atom. The number of piperazine rings is 1. The van der Waals surface area contributed by atoms with Gasteiger partial charge in [-0.05, 0) is 27.9 Å². The first kappa shape index (κ1) is 13.6. The van der Waals surface area contributed by atoms with Crippen LogP contribution in [0.3, 0.4) is 0 Å². The fraction of sp³-hybridized carbons (Fsp3) is 0.615. The first-order valence-corrected chi connectivity index (χ1v) is 7.12. The number of amides is 1. The zero-order valence-electron chi connectivity index (χ0n) is 10.9. The molecule has 1 amide bonds. The normalized spacial score (nSPS) is 17.4. The van der Waals surface area contributed by atoms with Gasteiger partial charge in [0.15, 0.2) is 4.67 Å². The molecule has 4 nitrogen and oxygen atoms in total. The second-order valence-electron chi connectivity index (χ2n) is 5.09. The van der Waals surface area contributed by atoms with Gasteiger partial charge in [0.2, 0.25) is 0 Å². The molecule has 18 heavy (non-hydrogen) atoms. The molecule has 1 aliphatic heterocycles. The molecular weight excluding hydrogens is 296 g/mol. The molecule has 1 aromatic heterocycles. The monoisotopic (exact) mass is 314 g/mol. The Hall–Kier alpha value is -0.810. The molecule has 0 unspecified atom stereocenters. The van der Waals surface area contributed by atoms with Crippen LogP contribution in [0.2, 0.25) is 0 Å². The summed E-state index contributed by atoms with van der Waals surface area (Å²) < 4.78 is 5.63. The maximum atomic E-state index is 12.2. The number of furan rings is 1. The van der Waals surface area contributed by atoms with Crippen LogP contribution in [-0.4, -0.2) is 48.4 Å². The highest BCUT2D eigenvalue weighted by Gasteiger charge is 2.24. The molecule has 0 saturated carbocycles. The van der Waals surface area contributed by atoms with E-state index < -0.39 is 0 Å². The third-order valence-electron chi connectivity index (χ3n) is 3.13. The summed E-state index contributed by atoms with van der Waals surface area (Å²) in [5, 5.41) is 0. The van der Waals surface area contributed by atoms with Crippen LogP contribution in [0.4, 0.5) is 0 Å². The van der Waals surface area contributed by atoms with Crippen molar-refractivity contribution in [2.75, 3.05) is 32.7 Å². The van der Waals surface area contributed by atoms with Crippen molar-refractivity contribution in [2.45, 2.75) is 13.8 Å². The molecular formula is C13H19BrN2O2. The largest absolute Gasteiger partial charge is 0.457 e. The van der Waals surface area contributed by atoms with Crippen molar-refractivity contribution < 1.29 is 9.21 Å². The maximum absolute atomic E-state index is 12.2. The molecule has 1 saturated heterocycles. The average Bonchev–Trinajstić information content (AvgIpc) is 2.75. The van der Waals surface area contributed by atoms with Crippen molar-refractivity contribution in [3.63, 3.8) is 0 Å². The van der Waals surface area contributed by atoms with E-state index in [4.69, 9.17) is 4.42 Å². The minimum atomic E-state index is 0.0554. The van der Waals surface area contributed by atoms with Crippen molar-refractivity contribution >= 4 is 21.8 Å². The van der Waals surface area contributed by atoms with Crippen LogP contribution in [0.5, 0.6) is 0 Å². The van der Waals surface area contributed by atoms with Gasteiger partial charge in [-0.1, -0.05) is 13.8 Å². The number of halogens is 1. The molecule has 0 spiro atoms. The van der Waals surface area contributed by atoms with Gasteiger partial charge in [-0.2, -0.15) is 0 Å². The lowest BCUT2D eigenvalue weighted by atomic mass is 10.2. The third kappa shape index (κ3) is 3.14. The summed E-state index contributed by atoms with van der Waals surface area (Å²) in [4.78, 5) is 16.5. The number of nitrogens with zero attached hydrogens (tertiary/aromatic N) is 2. The lowest BCUT2D eigenvalue weighted by Gasteiger charge is -2.35. The van der Waals surface area contributed by atoms with Crippen molar-refractivity contribution in [2.24, 2.45) is 5.92 Å². The molecule has 0 atom stereocenters. The highest BCUT2D eigenvalue weighted by Crippen LogP contribution is 2.20. The van der Waals surface area contributed by atoms with E-state index >= 15 is 0 Å². The van der Waals surface area contributed by atoms with Crippen LogP contribution in [0.25, 0.3) is 0 Å². The van der Waals surface area contributed by atoms with Gasteiger partial charge < -0.3 is 9.32 Å². The molecule has 1 aliphatic rings. The Labute approximate surface area is 116 Å². The summed E-state index contributed by atoms with van der Waals surface area (Å²) in [5.74, 6) is 0.732. The molecule has 5 heteroatoms. The Morgan fingerprint density at radius 1 is 1.39 bits per heavy atom. The Morgan fingerprint density at radius 2 is 2.06 bits per heavy atom. The second-order valence-corrected chi connectivity index (χ2v) is 5.81. The zero-order chi connectivity index (χ0) is 13.1. The molecule has 0 aliphatic carbocycles. The van der Waals surface area contributed by atoms with Crippen LogP contribution < -0.4 is 0 Å². The summed E-state index contributed by atoms with van der Waals surface area (Å²) in [5.41, 5.74) is 0.618. The number of hydrogen-bond acceptors (Lipinski definition) is 3. The standard InChI is InChI=1S/C13H19BrN2O2/c1-10(2)9-15-4-6-16(7-5-15)13(17)11-3-8-18-12(11)14/h3,8,10H,4-7,9H2,1-2H3. The smallest absolute Gasteiger partial charge is 0.258 e. The Kier molecular flexibility index (Phi) is 4.45. The highest BCUT2D eigenvalue weighted by molar-refractivity contribution is 9.10. The van der Waals surface area contributed by atoms with Gasteiger partial charge in [-0.15, -0.1) is 0 Å². The summed E-state index contributed by atoms with van der Waals surface area (Å²) in [6, 6.07) is 1.72. The van der Waals surface area contributed by atoms with E-state index in [1.807, 2.05) is 4.90 Å². The maximum Gasteiger partial charge on any atom is 0.258 e. The summed E-state index contributed by atoms with van der Waals surface area (Å²) >= 11 is 3.25. The molecule has 2 heterocycles. The van der Waals surface area contributed by atoms with Crippen LogP contribution in [0.1, 0.15) is 24.2 Å². The van der Waals surface area contributed by atoms with E-state index in [2.05, 4.69) is 34.7 Å². The van der Waals surface area contributed by atoms with Crippen molar-refractivity contribution in [1.82, 2.24) is 9.80 Å². The van der Waals surface area contributed by atoms with Gasteiger partial charge in [-0.25, -0.2) is 0 Å². The summed E-state index contributed by atoms with van der Waals surface area (Å²) in [6.07, 6.45) is 1.53. The SMILES string of the molecule is CC(C)CN1CCN(C(=O)c2ccoc2Br)CC1. The molecule has 2 rings (SSSR count). The molecule has 0 bridgehead atoms. The van der Waals surface area contributed by atoms with Gasteiger partial charge >= 0.3 is 0 Å². The predicted octanol–water partition coefficient (Wildman–Crippen LogP) is 2.46. The molecule has 0 N–H and O–H groups in total. The minimum Gasteiger partial charge on any atom is -0.457 e. The van der Waals surface area contributed by atoms with E-state index in [-0.39, 0.29) is 5.91 Å². The zero-order valence-corrected chi connectivity index (χ0v) is 12.4. The van der Waals surface area contributed by atoms with Crippen molar-refractivity contribution in [3.8, 4) is 0 Å². The van der Waals surface area contributed by atoms with Crippen LogP contribution in [0, 0.1) is 5.92 Å². The number of carbonyl (C=O) groups excluding carboxylic acids is 1. The fourth-order valence-electron chi connectivity index (χ4n) is 2.27. The molecule has 0 radical (unpaired) electrons. The van der Waals surface area contributed by atoms with Crippen LogP contribution >= 0.6 is 15.9 Å². The van der Waals surface area contributed by atoms with Crippen LogP contribution in [0.15, 0.2) is 21.4 Å². The van der Waals surface area contributed by atoms with E-state index in [1.54, 1.807) is 6.07 Å². The van der Waals surface area contributed by atoms with Gasteiger partial charge in [0.05, 0.1) is 11.8 Å². The second kappa shape index (κ2) is 5.89. The fourth-order valence-corrected chi connectivity index (χ4v) is 2.68. The third-order valence-corrected chi connectivity index (χ3v) is 3.75. The first-order valence-electron chi connectivity index (χ1n) is 6.32. The van der Waals surface area contributed by atoms with Crippen molar-refractivity contribution in [3.05, 3.63) is 22.6 Å². The van der Waals surface area contributed by atoms with Crippen LogP contribution in [-0.2, 0) is 0 Å². The highest BCUT2D eigenvalue weighted by atomic mass is 79.9. The predicted molar refractivity (Wildman–Crippen MR) is 73.6 cm³/mol. The number of carbonyl (C=O) groups is 1. The van der Waals surface area contributed by atoms with E-state index in [1.165, 1.54) is 6.26 Å². The van der Waals surface area contributed by atoms with Gasteiger partial charge in [0.25, 0.3) is 5.91 Å². The van der Waals surface area contributed by atoms with E-state index in [0.717, 1.165) is 32.7 Å². The summed E-state index contributed by atoms with van der Waals surface area (Å²) in [6.45, 7) is 9.06. The number of hydrogen-bond donors (Lipinski definition) is 0. The minimum absolute atomic E-state index is 0.0554. The Balaban J connectivity index is 1.90. The lowest BCUT2D eigenvalue weighted by molar-refractivity contribution is 0.0622. The van der Waals surface area contributed by atoms with E-state index in [9.17, 15) is 4.79 Å². The molecule has 0 aromatic carbocycles. The quantitative estimate of drug-likeness (QED) is 0.860. The first-order chi connectivity index (χ1) is 8.58. The van der Waals surface area contributed by atoms with Crippen molar-refractivity contribution in [1.29, 1.82) is 0 Å². The number of rotatable bonds is 3. The molecule has 1 fully saturated rings. The molecule has 100 valence electrons. The summed E-state index contributed by atoms with van der Waals surface area (Å²) in [7, 11) is 0. The van der Waals surface area contributed by atoms with Gasteiger partial charge in [0, 0.05) is 32.7 Å². The topological polar surface area (TPSA) is 36.7 Å². The van der Waals surface area contributed by atoms with Gasteiger partial charge in [-0.3, -0.25) is 9.69 Å². The molecule has 1 aromatic rings. The average molecular weight is 315 g/mol. The lowest BCUT2D eigenvalue weighted by Crippen LogP contribution is -2.49. The Bertz CT molecular complexity index is 409. The van der Waals surface area contributed by atoms with Gasteiger partial charge in [0.1, 0.15) is 0 Å².